The van der Waals surface area contributed by atoms with E-state index in [-0.39, 0.29) is 22.7 Å². The number of sulfone groups is 1. The second-order valence-electron chi connectivity index (χ2n) is 7.49. The third-order valence-electron chi connectivity index (χ3n) is 5.31. The molecule has 0 atom stereocenters. The lowest BCUT2D eigenvalue weighted by Crippen LogP contribution is -2.27. The lowest BCUT2D eigenvalue weighted by atomic mass is 10.1. The molecule has 2 N–H and O–H groups in total. The molecular weight excluding hydrogens is 416 g/mol. The Kier molecular flexibility index (Phi) is 6.08. The highest BCUT2D eigenvalue weighted by molar-refractivity contribution is 7.91. The summed E-state index contributed by atoms with van der Waals surface area (Å²) in [5.74, 6) is -0.455. The first-order valence-corrected chi connectivity index (χ1v) is 11.6. The predicted molar refractivity (Wildman–Crippen MR) is 122 cm³/mol. The number of hydrogen-bond donors (Lipinski definition) is 2. The Labute approximate surface area is 181 Å². The van der Waals surface area contributed by atoms with E-state index >= 15 is 0 Å². The fraction of sp³-hybridized carbons (Fsp3) is 0.273. The van der Waals surface area contributed by atoms with E-state index in [1.54, 1.807) is 49.8 Å². The number of aromatic nitrogens is 2. The number of hydrogen-bond acceptors (Lipinski definition) is 5. The highest BCUT2D eigenvalue weighted by Gasteiger charge is 2.20. The van der Waals surface area contributed by atoms with Gasteiger partial charge in [-0.15, -0.1) is 0 Å². The summed E-state index contributed by atoms with van der Waals surface area (Å²) >= 11 is 0. The Morgan fingerprint density at radius 1 is 1.03 bits per heavy atom. The maximum Gasteiger partial charge on any atom is 0.295 e. The molecule has 0 aliphatic rings. The summed E-state index contributed by atoms with van der Waals surface area (Å²) in [6, 6.07) is 12.6. The van der Waals surface area contributed by atoms with Crippen molar-refractivity contribution in [2.45, 2.75) is 25.7 Å². The number of rotatable bonds is 6. The lowest BCUT2D eigenvalue weighted by Gasteiger charge is -2.15. The van der Waals surface area contributed by atoms with Gasteiger partial charge in [-0.05, 0) is 50.1 Å². The average molecular weight is 443 g/mol. The zero-order valence-electron chi connectivity index (χ0n) is 18.2. The van der Waals surface area contributed by atoms with E-state index < -0.39 is 15.7 Å². The van der Waals surface area contributed by atoms with Crippen molar-refractivity contribution in [3.63, 3.8) is 0 Å². The van der Waals surface area contributed by atoms with E-state index in [0.29, 0.717) is 22.6 Å². The van der Waals surface area contributed by atoms with Gasteiger partial charge < -0.3 is 10.6 Å². The molecule has 8 nitrogen and oxygen atoms in total. The monoisotopic (exact) mass is 442 g/mol. The Hall–Kier alpha value is -3.33. The van der Waals surface area contributed by atoms with Crippen LogP contribution < -0.4 is 16.2 Å². The number of carbonyl (C=O) groups excluding carboxylic acids is 1. The van der Waals surface area contributed by atoms with Crippen molar-refractivity contribution < 1.29 is 13.2 Å². The summed E-state index contributed by atoms with van der Waals surface area (Å²) < 4.78 is 27.6. The van der Waals surface area contributed by atoms with Crippen LogP contribution in [0.3, 0.4) is 0 Å². The molecule has 0 radical (unpaired) electrons. The summed E-state index contributed by atoms with van der Waals surface area (Å²) in [7, 11) is -1.75. The van der Waals surface area contributed by atoms with Crippen molar-refractivity contribution in [1.82, 2.24) is 9.36 Å². The summed E-state index contributed by atoms with van der Waals surface area (Å²) in [5, 5.41) is 5.55. The SMILES string of the molecule is Cc1ccc(NCC(=O)Nc2c(C)n(C)n(-c3ccccc3)c2=O)c(S(C)(=O)=O)c1C. The van der Waals surface area contributed by atoms with Gasteiger partial charge in [0.25, 0.3) is 5.56 Å². The van der Waals surface area contributed by atoms with Crippen LogP contribution in [0.4, 0.5) is 11.4 Å². The van der Waals surface area contributed by atoms with Gasteiger partial charge in [0.05, 0.1) is 28.5 Å². The van der Waals surface area contributed by atoms with Crippen LogP contribution in [-0.2, 0) is 21.7 Å². The molecule has 0 fully saturated rings. The second-order valence-corrected chi connectivity index (χ2v) is 9.45. The Morgan fingerprint density at radius 2 is 1.68 bits per heavy atom. The van der Waals surface area contributed by atoms with Gasteiger partial charge in [0.15, 0.2) is 9.84 Å². The van der Waals surface area contributed by atoms with Crippen molar-refractivity contribution in [2.24, 2.45) is 7.05 Å². The molecule has 0 saturated heterocycles. The van der Waals surface area contributed by atoms with Crippen LogP contribution in [0.2, 0.25) is 0 Å². The summed E-state index contributed by atoms with van der Waals surface area (Å²) in [6.07, 6.45) is 1.14. The van der Waals surface area contributed by atoms with Gasteiger partial charge in [0.2, 0.25) is 5.91 Å². The van der Waals surface area contributed by atoms with Gasteiger partial charge in [-0.25, -0.2) is 13.1 Å². The van der Waals surface area contributed by atoms with Gasteiger partial charge in [0.1, 0.15) is 5.69 Å². The fourth-order valence-electron chi connectivity index (χ4n) is 3.48. The van der Waals surface area contributed by atoms with Gasteiger partial charge in [-0.1, -0.05) is 24.3 Å². The van der Waals surface area contributed by atoms with Crippen LogP contribution in [0.25, 0.3) is 5.69 Å². The summed E-state index contributed by atoms with van der Waals surface area (Å²) in [6.45, 7) is 5.12. The molecule has 0 spiro atoms. The minimum Gasteiger partial charge on any atom is -0.375 e. The van der Waals surface area contributed by atoms with E-state index in [1.165, 1.54) is 4.68 Å². The van der Waals surface area contributed by atoms with Crippen LogP contribution in [0.5, 0.6) is 0 Å². The molecule has 2 aromatic carbocycles. The van der Waals surface area contributed by atoms with Crippen LogP contribution in [0.15, 0.2) is 52.2 Å². The fourth-order valence-corrected chi connectivity index (χ4v) is 4.74. The van der Waals surface area contributed by atoms with Gasteiger partial charge in [0, 0.05) is 13.3 Å². The Morgan fingerprint density at radius 3 is 2.29 bits per heavy atom. The van der Waals surface area contributed by atoms with Crippen molar-refractivity contribution in [3.05, 3.63) is 69.6 Å². The van der Waals surface area contributed by atoms with E-state index in [2.05, 4.69) is 10.6 Å². The third-order valence-corrected chi connectivity index (χ3v) is 6.57. The van der Waals surface area contributed by atoms with Crippen LogP contribution in [0.1, 0.15) is 16.8 Å². The minimum atomic E-state index is -3.49. The first-order valence-electron chi connectivity index (χ1n) is 9.70. The van der Waals surface area contributed by atoms with E-state index in [9.17, 15) is 18.0 Å². The highest BCUT2D eigenvalue weighted by atomic mass is 32.2. The molecule has 0 aliphatic carbocycles. The normalized spacial score (nSPS) is 11.4. The average Bonchev–Trinajstić information content (AvgIpc) is 2.91. The highest BCUT2D eigenvalue weighted by Crippen LogP contribution is 2.27. The number of nitrogens with zero attached hydrogens (tertiary/aromatic N) is 2. The van der Waals surface area contributed by atoms with Crippen LogP contribution >= 0.6 is 0 Å². The number of amides is 1. The standard InChI is InChI=1S/C22H26N4O4S/c1-14-11-12-18(21(15(14)2)31(5,29)30)23-13-19(27)24-20-16(3)25(4)26(22(20)28)17-9-7-6-8-10-17/h6-12,23H,13H2,1-5H3,(H,24,27). The van der Waals surface area contributed by atoms with Gasteiger partial charge >= 0.3 is 0 Å². The molecule has 0 unspecified atom stereocenters. The van der Waals surface area contributed by atoms with E-state index in [1.807, 2.05) is 25.1 Å². The number of nitrogens with one attached hydrogen (secondary N) is 2. The molecule has 3 rings (SSSR count). The van der Waals surface area contributed by atoms with Crippen molar-refractivity contribution in [1.29, 1.82) is 0 Å². The van der Waals surface area contributed by atoms with Gasteiger partial charge in [-0.3, -0.25) is 14.3 Å². The molecule has 0 aliphatic heterocycles. The number of aryl methyl sites for hydroxylation is 1. The molecule has 1 heterocycles. The minimum absolute atomic E-state index is 0.169. The molecule has 1 aromatic heterocycles. The topological polar surface area (TPSA) is 102 Å². The number of carbonyl (C=O) groups is 1. The third kappa shape index (κ3) is 4.41. The van der Waals surface area contributed by atoms with Crippen molar-refractivity contribution >= 4 is 27.1 Å². The molecule has 0 bridgehead atoms. The summed E-state index contributed by atoms with van der Waals surface area (Å²) in [4.78, 5) is 25.7. The van der Waals surface area contributed by atoms with Crippen molar-refractivity contribution in [3.8, 4) is 5.69 Å². The quantitative estimate of drug-likeness (QED) is 0.611. The van der Waals surface area contributed by atoms with E-state index in [4.69, 9.17) is 0 Å². The smallest absolute Gasteiger partial charge is 0.295 e. The molecule has 3 aromatic rings. The molecule has 9 heteroatoms. The molecule has 31 heavy (non-hydrogen) atoms. The Balaban J connectivity index is 1.84. The van der Waals surface area contributed by atoms with Gasteiger partial charge in [-0.2, -0.15) is 0 Å². The maximum atomic E-state index is 12.9. The number of anilines is 2. The summed E-state index contributed by atoms with van der Waals surface area (Å²) in [5.41, 5.74) is 2.96. The maximum absolute atomic E-state index is 12.9. The lowest BCUT2D eigenvalue weighted by molar-refractivity contribution is -0.114. The molecule has 1 amide bonds. The first-order chi connectivity index (χ1) is 14.5. The zero-order valence-corrected chi connectivity index (χ0v) is 19.0. The molecular formula is C22H26N4O4S. The van der Waals surface area contributed by atoms with Crippen LogP contribution in [0, 0.1) is 20.8 Å². The van der Waals surface area contributed by atoms with Crippen LogP contribution in [-0.4, -0.2) is 36.5 Å². The molecule has 0 saturated carbocycles. The Bertz CT molecular complexity index is 1310. The number of para-hydroxylation sites is 1. The molecule has 164 valence electrons. The second kappa shape index (κ2) is 8.43. The largest absolute Gasteiger partial charge is 0.375 e. The van der Waals surface area contributed by atoms with Crippen molar-refractivity contribution in [2.75, 3.05) is 23.4 Å². The first kappa shape index (κ1) is 22.4. The number of benzene rings is 2. The van der Waals surface area contributed by atoms with E-state index in [0.717, 1.165) is 11.8 Å². The zero-order chi connectivity index (χ0) is 22.9. The predicted octanol–water partition coefficient (Wildman–Crippen LogP) is 2.56.